The van der Waals surface area contributed by atoms with Crippen molar-refractivity contribution in [1.82, 2.24) is 0 Å². The summed E-state index contributed by atoms with van der Waals surface area (Å²) in [5, 5.41) is 19.7. The molecule has 7 heteroatoms. The molecule has 0 radical (unpaired) electrons. The van der Waals surface area contributed by atoms with Gasteiger partial charge in [-0.05, 0) is 59.9 Å². The highest BCUT2D eigenvalue weighted by atomic mass is 16.7. The molecule has 3 aromatic carbocycles. The molecule has 0 aliphatic carbocycles. The molecule has 0 aliphatic rings. The van der Waals surface area contributed by atoms with E-state index in [2.05, 4.69) is 6.07 Å². The standard InChI is InChI=1S/C24H24BNO5/c1-18(20-6-4-3-5-7-20)31-25(27)24-13-12-23(14-21(24)16-29-17-28-2)30-22-10-8-19(15-26)9-11-22/h3-14,18,27H,16-17H2,1-2H3. The minimum atomic E-state index is -1.14. The Morgan fingerprint density at radius 3 is 2.39 bits per heavy atom. The van der Waals surface area contributed by atoms with E-state index in [-0.39, 0.29) is 19.5 Å². The third-order valence-corrected chi connectivity index (χ3v) is 4.66. The minimum absolute atomic E-state index is 0.123. The van der Waals surface area contributed by atoms with Crippen LogP contribution in [0.25, 0.3) is 0 Å². The summed E-state index contributed by atoms with van der Waals surface area (Å²) in [5.74, 6) is 1.18. The van der Waals surface area contributed by atoms with E-state index in [4.69, 9.17) is 24.1 Å². The van der Waals surface area contributed by atoms with Crippen LogP contribution in [0.2, 0.25) is 0 Å². The molecule has 0 bridgehead atoms. The summed E-state index contributed by atoms with van der Waals surface area (Å²) < 4.78 is 22.2. The molecule has 0 saturated carbocycles. The molecule has 3 rings (SSSR count). The topological polar surface area (TPSA) is 80.9 Å². The fourth-order valence-electron chi connectivity index (χ4n) is 3.05. The Balaban J connectivity index is 1.78. The molecule has 158 valence electrons. The highest BCUT2D eigenvalue weighted by molar-refractivity contribution is 6.60. The Labute approximate surface area is 182 Å². The maximum Gasteiger partial charge on any atom is 0.491 e. The molecule has 6 nitrogen and oxygen atoms in total. The molecule has 0 saturated heterocycles. The summed E-state index contributed by atoms with van der Waals surface area (Å²) in [7, 11) is 0.408. The van der Waals surface area contributed by atoms with Gasteiger partial charge in [0.15, 0.2) is 0 Å². The van der Waals surface area contributed by atoms with Crippen molar-refractivity contribution in [2.45, 2.75) is 19.6 Å². The molecule has 0 aromatic heterocycles. The lowest BCUT2D eigenvalue weighted by atomic mass is 9.76. The number of ether oxygens (including phenoxy) is 3. The van der Waals surface area contributed by atoms with Gasteiger partial charge in [-0.3, -0.25) is 0 Å². The zero-order chi connectivity index (χ0) is 22.1. The number of nitrogens with zero attached hydrogens (tertiary/aromatic N) is 1. The van der Waals surface area contributed by atoms with Gasteiger partial charge in [0.25, 0.3) is 0 Å². The van der Waals surface area contributed by atoms with Gasteiger partial charge in [-0.1, -0.05) is 36.4 Å². The lowest BCUT2D eigenvalue weighted by molar-refractivity contribution is -0.0389. The maximum absolute atomic E-state index is 10.7. The molecule has 0 heterocycles. The first kappa shape index (κ1) is 22.5. The summed E-state index contributed by atoms with van der Waals surface area (Å²) in [6, 6.07) is 23.9. The van der Waals surface area contributed by atoms with E-state index >= 15 is 0 Å². The number of rotatable bonds is 10. The zero-order valence-electron chi connectivity index (χ0n) is 17.5. The Hall–Kier alpha value is -3.15. The summed E-state index contributed by atoms with van der Waals surface area (Å²) >= 11 is 0. The summed E-state index contributed by atoms with van der Waals surface area (Å²) in [6.45, 7) is 2.23. The van der Waals surface area contributed by atoms with E-state index < -0.39 is 7.12 Å². The minimum Gasteiger partial charge on any atom is -0.457 e. The van der Waals surface area contributed by atoms with Crippen LogP contribution < -0.4 is 10.2 Å². The van der Waals surface area contributed by atoms with Crippen LogP contribution in [0.15, 0.2) is 72.8 Å². The predicted molar refractivity (Wildman–Crippen MR) is 118 cm³/mol. The molecule has 3 aromatic rings. The van der Waals surface area contributed by atoms with E-state index in [1.165, 1.54) is 0 Å². The third-order valence-electron chi connectivity index (χ3n) is 4.66. The van der Waals surface area contributed by atoms with Gasteiger partial charge in [0.1, 0.15) is 18.3 Å². The maximum atomic E-state index is 10.7. The zero-order valence-corrected chi connectivity index (χ0v) is 17.5. The molecule has 1 unspecified atom stereocenters. The van der Waals surface area contributed by atoms with Crippen LogP contribution in [0.5, 0.6) is 11.5 Å². The van der Waals surface area contributed by atoms with Crippen molar-refractivity contribution in [1.29, 1.82) is 5.26 Å². The van der Waals surface area contributed by atoms with Crippen molar-refractivity contribution < 1.29 is 23.9 Å². The van der Waals surface area contributed by atoms with Crippen LogP contribution in [-0.4, -0.2) is 26.0 Å². The molecule has 0 spiro atoms. The lowest BCUT2D eigenvalue weighted by Crippen LogP contribution is -2.37. The van der Waals surface area contributed by atoms with E-state index in [9.17, 15) is 5.02 Å². The highest BCUT2D eigenvalue weighted by Crippen LogP contribution is 2.23. The Bertz CT molecular complexity index is 1000. The molecular weight excluding hydrogens is 393 g/mol. The van der Waals surface area contributed by atoms with Gasteiger partial charge in [-0.2, -0.15) is 5.26 Å². The fraction of sp³-hybridized carbons (Fsp3) is 0.208. The smallest absolute Gasteiger partial charge is 0.457 e. The van der Waals surface area contributed by atoms with Crippen molar-refractivity contribution in [2.24, 2.45) is 0 Å². The van der Waals surface area contributed by atoms with Gasteiger partial charge in [-0.15, -0.1) is 0 Å². The number of nitriles is 1. The SMILES string of the molecule is COCOCc1cc(Oc2ccc(C#N)cc2)ccc1B(O)OC(C)c1ccccc1. The first-order valence-corrected chi connectivity index (χ1v) is 9.86. The van der Waals surface area contributed by atoms with E-state index in [1.807, 2.05) is 37.3 Å². The first-order chi connectivity index (χ1) is 15.1. The van der Waals surface area contributed by atoms with Crippen LogP contribution >= 0.6 is 0 Å². The number of hydrogen-bond donors (Lipinski definition) is 1. The van der Waals surface area contributed by atoms with Crippen molar-refractivity contribution in [3.05, 3.63) is 89.5 Å². The van der Waals surface area contributed by atoms with Gasteiger partial charge >= 0.3 is 7.12 Å². The van der Waals surface area contributed by atoms with E-state index in [0.717, 1.165) is 11.1 Å². The predicted octanol–water partition coefficient (Wildman–Crippen LogP) is 3.94. The van der Waals surface area contributed by atoms with Crippen LogP contribution in [0.3, 0.4) is 0 Å². The first-order valence-electron chi connectivity index (χ1n) is 9.86. The van der Waals surface area contributed by atoms with Crippen molar-refractivity contribution in [3.8, 4) is 17.6 Å². The van der Waals surface area contributed by atoms with E-state index in [1.54, 1.807) is 49.6 Å². The molecular formula is C24H24BNO5. The fourth-order valence-corrected chi connectivity index (χ4v) is 3.05. The second-order valence-electron chi connectivity index (χ2n) is 6.90. The van der Waals surface area contributed by atoms with Crippen molar-refractivity contribution in [3.63, 3.8) is 0 Å². The molecule has 0 amide bonds. The number of methoxy groups -OCH3 is 1. The lowest BCUT2D eigenvalue weighted by Gasteiger charge is -2.19. The van der Waals surface area contributed by atoms with Gasteiger partial charge in [0, 0.05) is 7.11 Å². The molecule has 1 N–H and O–H groups in total. The summed E-state index contributed by atoms with van der Waals surface area (Å²) in [5.41, 5.74) is 2.84. The van der Waals surface area contributed by atoms with Crippen LogP contribution in [0.4, 0.5) is 0 Å². The molecule has 31 heavy (non-hydrogen) atoms. The van der Waals surface area contributed by atoms with Gasteiger partial charge in [0.2, 0.25) is 0 Å². The van der Waals surface area contributed by atoms with Gasteiger partial charge < -0.3 is 23.9 Å². The summed E-state index contributed by atoms with van der Waals surface area (Å²) in [6.07, 6.45) is -0.293. The van der Waals surface area contributed by atoms with Crippen LogP contribution in [0.1, 0.15) is 29.7 Å². The van der Waals surface area contributed by atoms with Crippen LogP contribution in [0, 0.1) is 11.3 Å². The van der Waals surface area contributed by atoms with Crippen molar-refractivity contribution >= 4 is 12.6 Å². The average molecular weight is 417 g/mol. The largest absolute Gasteiger partial charge is 0.491 e. The van der Waals surface area contributed by atoms with Crippen LogP contribution in [-0.2, 0) is 20.7 Å². The van der Waals surface area contributed by atoms with Gasteiger partial charge in [-0.25, -0.2) is 0 Å². The highest BCUT2D eigenvalue weighted by Gasteiger charge is 2.24. The second-order valence-corrected chi connectivity index (χ2v) is 6.90. The monoisotopic (exact) mass is 417 g/mol. The second kappa shape index (κ2) is 11.3. The molecule has 0 aliphatic heterocycles. The normalized spacial score (nSPS) is 11.5. The number of hydrogen-bond acceptors (Lipinski definition) is 6. The number of benzene rings is 3. The third kappa shape index (κ3) is 6.41. The quantitative estimate of drug-likeness (QED) is 0.306. The summed E-state index contributed by atoms with van der Waals surface area (Å²) in [4.78, 5) is 0. The average Bonchev–Trinajstić information content (AvgIpc) is 2.80. The van der Waals surface area contributed by atoms with Crippen molar-refractivity contribution in [2.75, 3.05) is 13.9 Å². The van der Waals surface area contributed by atoms with E-state index in [0.29, 0.717) is 22.5 Å². The van der Waals surface area contributed by atoms with Gasteiger partial charge in [0.05, 0.1) is 24.3 Å². The Morgan fingerprint density at radius 2 is 1.71 bits per heavy atom. The molecule has 0 fully saturated rings. The Morgan fingerprint density at radius 1 is 1.00 bits per heavy atom. The Kier molecular flexibility index (Phi) is 8.22. The molecule has 1 atom stereocenters.